The lowest BCUT2D eigenvalue weighted by atomic mass is 10.4. The lowest BCUT2D eigenvalue weighted by Crippen LogP contribution is -2.08. The summed E-state index contributed by atoms with van der Waals surface area (Å²) in [5.74, 6) is -0.0544. The van der Waals surface area contributed by atoms with E-state index in [2.05, 4.69) is 4.98 Å². The molecule has 1 heterocycles. The van der Waals surface area contributed by atoms with Gasteiger partial charge >= 0.3 is 0 Å². The average molecular weight is 250 g/mol. The molecule has 0 bridgehead atoms. The third kappa shape index (κ3) is 3.00. The predicted molar refractivity (Wildman–Crippen MR) is 61.3 cm³/mol. The highest BCUT2D eigenvalue weighted by Gasteiger charge is 2.13. The van der Waals surface area contributed by atoms with Crippen molar-refractivity contribution in [3.8, 4) is 0 Å². The summed E-state index contributed by atoms with van der Waals surface area (Å²) in [6, 6.07) is 0. The molecule has 0 amide bonds. The first-order valence-corrected chi connectivity index (χ1v) is 7.02. The van der Waals surface area contributed by atoms with Crippen LogP contribution in [0.2, 0.25) is 0 Å². The molecule has 1 aromatic heterocycles. The molecule has 0 aliphatic heterocycles. The highest BCUT2D eigenvalue weighted by atomic mass is 32.2. The number of rotatable bonds is 3. The number of aromatic nitrogens is 1. The Kier molecular flexibility index (Phi) is 3.23. The third-order valence-corrected chi connectivity index (χ3v) is 3.95. The van der Waals surface area contributed by atoms with E-state index in [9.17, 15) is 8.42 Å². The molecule has 0 radical (unpaired) electrons. The second-order valence-corrected chi connectivity index (χ2v) is 6.62. The van der Waals surface area contributed by atoms with Crippen LogP contribution in [0.5, 0.6) is 0 Å². The Morgan fingerprint density at radius 1 is 1.64 bits per heavy atom. The van der Waals surface area contributed by atoms with Crippen molar-refractivity contribution in [2.45, 2.75) is 12.7 Å². The number of aryl methyl sites for hydroxylation is 1. The van der Waals surface area contributed by atoms with Crippen LogP contribution in [-0.2, 0) is 15.6 Å². The zero-order valence-electron chi connectivity index (χ0n) is 7.77. The Hall–Kier alpha value is -0.530. The smallest absolute Gasteiger partial charge is 0.153 e. The van der Waals surface area contributed by atoms with Crippen LogP contribution in [0.4, 0.5) is 0 Å². The SMILES string of the molecule is Cc1nc(CS(C)(=O)=O)sc1C(N)=S. The summed E-state index contributed by atoms with van der Waals surface area (Å²) in [4.78, 5) is 5.05. The van der Waals surface area contributed by atoms with Gasteiger partial charge in [0.1, 0.15) is 15.7 Å². The lowest BCUT2D eigenvalue weighted by molar-refractivity contribution is 0.601. The van der Waals surface area contributed by atoms with Gasteiger partial charge in [0.2, 0.25) is 0 Å². The fourth-order valence-corrected chi connectivity index (χ4v) is 3.34. The molecule has 0 fully saturated rings. The maximum absolute atomic E-state index is 11.0. The van der Waals surface area contributed by atoms with Crippen LogP contribution in [-0.4, -0.2) is 24.6 Å². The first kappa shape index (κ1) is 11.5. The minimum absolute atomic E-state index is 0.0544. The normalized spacial score (nSPS) is 11.6. The summed E-state index contributed by atoms with van der Waals surface area (Å²) in [6.45, 7) is 1.76. The largest absolute Gasteiger partial charge is 0.389 e. The van der Waals surface area contributed by atoms with Crippen LogP contribution in [0.1, 0.15) is 15.6 Å². The molecule has 0 unspecified atom stereocenters. The first-order valence-electron chi connectivity index (χ1n) is 3.73. The van der Waals surface area contributed by atoms with Crippen molar-refractivity contribution < 1.29 is 8.42 Å². The molecule has 0 atom stereocenters. The van der Waals surface area contributed by atoms with Gasteiger partial charge in [-0.05, 0) is 6.92 Å². The lowest BCUT2D eigenvalue weighted by Gasteiger charge is -1.91. The summed E-state index contributed by atoms with van der Waals surface area (Å²) in [5.41, 5.74) is 6.14. The van der Waals surface area contributed by atoms with Crippen molar-refractivity contribution in [1.29, 1.82) is 0 Å². The molecule has 0 saturated heterocycles. The van der Waals surface area contributed by atoms with E-state index in [0.717, 1.165) is 0 Å². The number of hydrogen-bond acceptors (Lipinski definition) is 5. The Labute approximate surface area is 92.1 Å². The van der Waals surface area contributed by atoms with Crippen LogP contribution in [0.15, 0.2) is 0 Å². The van der Waals surface area contributed by atoms with E-state index in [0.29, 0.717) is 15.6 Å². The molecule has 0 aromatic carbocycles. The third-order valence-electron chi connectivity index (χ3n) is 1.45. The van der Waals surface area contributed by atoms with E-state index in [-0.39, 0.29) is 10.7 Å². The minimum atomic E-state index is -3.04. The van der Waals surface area contributed by atoms with Crippen molar-refractivity contribution in [2.24, 2.45) is 5.73 Å². The van der Waals surface area contributed by atoms with Crippen LogP contribution < -0.4 is 5.73 Å². The van der Waals surface area contributed by atoms with Gasteiger partial charge in [-0.15, -0.1) is 11.3 Å². The molecule has 1 rings (SSSR count). The molecule has 0 aliphatic rings. The molecular formula is C7H10N2O2S3. The van der Waals surface area contributed by atoms with Crippen LogP contribution in [0.25, 0.3) is 0 Å². The Balaban J connectivity index is 3.04. The summed E-state index contributed by atoms with van der Waals surface area (Å²) in [6.07, 6.45) is 1.17. The van der Waals surface area contributed by atoms with Crippen molar-refractivity contribution in [3.05, 3.63) is 15.6 Å². The summed E-state index contributed by atoms with van der Waals surface area (Å²) >= 11 is 6.04. The van der Waals surface area contributed by atoms with E-state index in [1.807, 2.05) is 0 Å². The molecule has 0 spiro atoms. The highest BCUT2D eigenvalue weighted by Crippen LogP contribution is 2.19. The standard InChI is InChI=1S/C7H10N2O2S3/c1-4-6(7(8)12)13-5(9-4)3-14(2,10)11/h3H2,1-2H3,(H2,8,12). The van der Waals surface area contributed by atoms with Gasteiger partial charge in [0, 0.05) is 6.26 Å². The number of hydrogen-bond donors (Lipinski definition) is 1. The van der Waals surface area contributed by atoms with Gasteiger partial charge in [0.15, 0.2) is 9.84 Å². The van der Waals surface area contributed by atoms with Crippen molar-refractivity contribution >= 4 is 38.4 Å². The number of nitrogens with zero attached hydrogens (tertiary/aromatic N) is 1. The molecular weight excluding hydrogens is 240 g/mol. The fraction of sp³-hybridized carbons (Fsp3) is 0.429. The van der Waals surface area contributed by atoms with Gasteiger partial charge in [0.25, 0.3) is 0 Å². The number of thiazole rings is 1. The Morgan fingerprint density at radius 2 is 2.21 bits per heavy atom. The second kappa shape index (κ2) is 3.92. The van der Waals surface area contributed by atoms with Crippen LogP contribution in [0.3, 0.4) is 0 Å². The van der Waals surface area contributed by atoms with Crippen molar-refractivity contribution in [1.82, 2.24) is 4.98 Å². The predicted octanol–water partition coefficient (Wildman–Crippen LogP) is 0.630. The number of thiocarbonyl (C=S) groups is 1. The zero-order valence-corrected chi connectivity index (χ0v) is 10.2. The van der Waals surface area contributed by atoms with Gasteiger partial charge in [-0.3, -0.25) is 0 Å². The average Bonchev–Trinajstić information content (AvgIpc) is 2.26. The summed E-state index contributed by atoms with van der Waals surface area (Å²) < 4.78 is 22.0. The summed E-state index contributed by atoms with van der Waals surface area (Å²) in [5, 5.41) is 0.535. The molecule has 4 nitrogen and oxygen atoms in total. The van der Waals surface area contributed by atoms with E-state index >= 15 is 0 Å². The molecule has 0 saturated carbocycles. The number of nitrogens with two attached hydrogens (primary N) is 1. The highest BCUT2D eigenvalue weighted by molar-refractivity contribution is 7.90. The van der Waals surface area contributed by atoms with E-state index in [1.165, 1.54) is 17.6 Å². The monoisotopic (exact) mass is 250 g/mol. The molecule has 0 aliphatic carbocycles. The minimum Gasteiger partial charge on any atom is -0.389 e. The van der Waals surface area contributed by atoms with Gasteiger partial charge in [-0.2, -0.15) is 0 Å². The topological polar surface area (TPSA) is 73.0 Å². The molecule has 1 aromatic rings. The van der Waals surface area contributed by atoms with Crippen LogP contribution >= 0.6 is 23.6 Å². The maximum atomic E-state index is 11.0. The van der Waals surface area contributed by atoms with E-state index < -0.39 is 9.84 Å². The van der Waals surface area contributed by atoms with Gasteiger partial charge in [0.05, 0.1) is 10.6 Å². The Bertz CT molecular complexity index is 461. The quantitative estimate of drug-likeness (QED) is 0.797. The van der Waals surface area contributed by atoms with Gasteiger partial charge in [-0.1, -0.05) is 12.2 Å². The van der Waals surface area contributed by atoms with E-state index in [4.69, 9.17) is 18.0 Å². The fourth-order valence-electron chi connectivity index (χ4n) is 0.967. The van der Waals surface area contributed by atoms with Crippen molar-refractivity contribution in [3.63, 3.8) is 0 Å². The summed E-state index contributed by atoms with van der Waals surface area (Å²) in [7, 11) is -3.04. The molecule has 78 valence electrons. The first-order chi connectivity index (χ1) is 6.29. The molecule has 14 heavy (non-hydrogen) atoms. The molecule has 2 N–H and O–H groups in total. The second-order valence-electron chi connectivity index (χ2n) is 2.96. The maximum Gasteiger partial charge on any atom is 0.153 e. The van der Waals surface area contributed by atoms with E-state index in [1.54, 1.807) is 6.92 Å². The van der Waals surface area contributed by atoms with Crippen LogP contribution in [0, 0.1) is 6.92 Å². The van der Waals surface area contributed by atoms with Gasteiger partial charge < -0.3 is 5.73 Å². The Morgan fingerprint density at radius 3 is 2.57 bits per heavy atom. The molecule has 7 heteroatoms. The van der Waals surface area contributed by atoms with Gasteiger partial charge in [-0.25, -0.2) is 13.4 Å². The number of sulfone groups is 1. The zero-order chi connectivity index (χ0) is 10.9. The van der Waals surface area contributed by atoms with Crippen molar-refractivity contribution in [2.75, 3.05) is 6.26 Å².